The fraction of sp³-hybridized carbons (Fsp3) is 0.529. The highest BCUT2D eigenvalue weighted by Gasteiger charge is 2.23. The molecule has 1 saturated carbocycles. The van der Waals surface area contributed by atoms with E-state index < -0.39 is 11.8 Å². The first-order chi connectivity index (χ1) is 11.0. The third kappa shape index (κ3) is 4.94. The van der Waals surface area contributed by atoms with Crippen molar-refractivity contribution in [1.82, 2.24) is 15.5 Å². The van der Waals surface area contributed by atoms with Crippen molar-refractivity contribution in [3.8, 4) is 0 Å². The summed E-state index contributed by atoms with van der Waals surface area (Å²) in [7, 11) is 3.83. The molecule has 6 heteroatoms. The second-order valence-corrected chi connectivity index (χ2v) is 6.57. The minimum absolute atomic E-state index is 0.0908. The Labute approximate surface area is 142 Å². The first-order valence-electron chi connectivity index (χ1n) is 7.98. The highest BCUT2D eigenvalue weighted by Crippen LogP contribution is 2.25. The van der Waals surface area contributed by atoms with Gasteiger partial charge >= 0.3 is 11.8 Å². The third-order valence-corrected chi connectivity index (χ3v) is 4.58. The number of carbonyl (C=O) groups excluding carboxylic acids is 2. The Hall–Kier alpha value is -1.59. The predicted octanol–water partition coefficient (Wildman–Crippen LogP) is 2.12. The van der Waals surface area contributed by atoms with E-state index in [1.165, 1.54) is 0 Å². The molecule has 1 aliphatic carbocycles. The lowest BCUT2D eigenvalue weighted by Crippen LogP contribution is -2.45. The molecule has 1 atom stereocenters. The molecule has 1 aliphatic rings. The number of rotatable bonds is 5. The maximum Gasteiger partial charge on any atom is 0.309 e. The van der Waals surface area contributed by atoms with Crippen molar-refractivity contribution in [1.29, 1.82) is 0 Å². The molecule has 1 aromatic rings. The van der Waals surface area contributed by atoms with E-state index in [0.29, 0.717) is 11.6 Å². The Morgan fingerprint density at radius 2 is 1.87 bits per heavy atom. The summed E-state index contributed by atoms with van der Waals surface area (Å²) in [6.07, 6.45) is 4.14. The van der Waals surface area contributed by atoms with Gasteiger partial charge in [-0.3, -0.25) is 9.59 Å². The fourth-order valence-corrected chi connectivity index (χ4v) is 3.17. The molecule has 1 aromatic carbocycles. The summed E-state index contributed by atoms with van der Waals surface area (Å²) in [5.41, 5.74) is 0.927. The topological polar surface area (TPSA) is 61.4 Å². The van der Waals surface area contributed by atoms with E-state index in [1.54, 1.807) is 0 Å². The summed E-state index contributed by atoms with van der Waals surface area (Å²) in [6.45, 7) is 0.327. The van der Waals surface area contributed by atoms with Crippen LogP contribution >= 0.6 is 11.6 Å². The standard InChI is InChI=1S/C17H24ClN3O2/c1-21(2)15(13-9-5-6-10-14(13)18)11-19-16(22)17(23)20-12-7-3-4-8-12/h5-6,9-10,12,15H,3-4,7-8,11H2,1-2H3,(H,19,22)(H,20,23). The quantitative estimate of drug-likeness (QED) is 0.809. The van der Waals surface area contributed by atoms with Gasteiger partial charge in [0.1, 0.15) is 0 Å². The van der Waals surface area contributed by atoms with E-state index in [4.69, 9.17) is 11.6 Å². The van der Waals surface area contributed by atoms with Crippen molar-refractivity contribution < 1.29 is 9.59 Å². The largest absolute Gasteiger partial charge is 0.346 e. The normalized spacial score (nSPS) is 16.3. The minimum Gasteiger partial charge on any atom is -0.346 e. The van der Waals surface area contributed by atoms with Crippen molar-refractivity contribution in [2.24, 2.45) is 0 Å². The van der Waals surface area contributed by atoms with Gasteiger partial charge in [0.15, 0.2) is 0 Å². The number of likely N-dealkylation sites (N-methyl/N-ethyl adjacent to an activating group) is 1. The first-order valence-corrected chi connectivity index (χ1v) is 8.36. The molecular formula is C17H24ClN3O2. The molecule has 0 saturated heterocycles. The molecule has 0 aliphatic heterocycles. The van der Waals surface area contributed by atoms with E-state index in [2.05, 4.69) is 10.6 Å². The molecule has 2 rings (SSSR count). The monoisotopic (exact) mass is 337 g/mol. The average molecular weight is 338 g/mol. The summed E-state index contributed by atoms with van der Waals surface area (Å²) < 4.78 is 0. The lowest BCUT2D eigenvalue weighted by Gasteiger charge is -2.26. The van der Waals surface area contributed by atoms with Crippen molar-refractivity contribution in [3.63, 3.8) is 0 Å². The first kappa shape index (κ1) is 17.8. The van der Waals surface area contributed by atoms with Crippen LogP contribution in [0.5, 0.6) is 0 Å². The second-order valence-electron chi connectivity index (χ2n) is 6.17. The van der Waals surface area contributed by atoms with Crippen LogP contribution in [-0.4, -0.2) is 43.4 Å². The second kappa shape index (κ2) is 8.31. The van der Waals surface area contributed by atoms with Crippen LogP contribution in [0.2, 0.25) is 5.02 Å². The molecule has 0 radical (unpaired) electrons. The van der Waals surface area contributed by atoms with Crippen LogP contribution < -0.4 is 10.6 Å². The van der Waals surface area contributed by atoms with Gasteiger partial charge < -0.3 is 15.5 Å². The number of nitrogens with one attached hydrogen (secondary N) is 2. The number of nitrogens with zero attached hydrogens (tertiary/aromatic N) is 1. The van der Waals surface area contributed by atoms with E-state index in [0.717, 1.165) is 31.2 Å². The number of hydrogen-bond acceptors (Lipinski definition) is 3. The Morgan fingerprint density at radius 1 is 1.22 bits per heavy atom. The van der Waals surface area contributed by atoms with E-state index in [1.807, 2.05) is 43.3 Å². The summed E-state index contributed by atoms with van der Waals surface area (Å²) in [6, 6.07) is 7.58. The highest BCUT2D eigenvalue weighted by molar-refractivity contribution is 6.35. The van der Waals surface area contributed by atoms with Crippen LogP contribution in [0.15, 0.2) is 24.3 Å². The fourth-order valence-electron chi connectivity index (χ4n) is 2.91. The number of benzene rings is 1. The molecule has 1 unspecified atom stereocenters. The zero-order chi connectivity index (χ0) is 16.8. The third-order valence-electron chi connectivity index (χ3n) is 4.24. The smallest absolute Gasteiger partial charge is 0.309 e. The van der Waals surface area contributed by atoms with Crippen molar-refractivity contribution in [2.45, 2.75) is 37.8 Å². The van der Waals surface area contributed by atoms with Gasteiger partial charge in [-0.05, 0) is 38.6 Å². The summed E-state index contributed by atoms with van der Waals surface area (Å²) in [4.78, 5) is 25.9. The zero-order valence-electron chi connectivity index (χ0n) is 13.6. The van der Waals surface area contributed by atoms with Crippen LogP contribution in [-0.2, 0) is 9.59 Å². The van der Waals surface area contributed by atoms with E-state index in [-0.39, 0.29) is 12.1 Å². The summed E-state index contributed by atoms with van der Waals surface area (Å²) in [5.74, 6) is -1.13. The maximum atomic E-state index is 12.0. The lowest BCUT2D eigenvalue weighted by atomic mass is 10.1. The van der Waals surface area contributed by atoms with Crippen LogP contribution in [0.1, 0.15) is 37.3 Å². The van der Waals surface area contributed by atoms with E-state index >= 15 is 0 Å². The molecule has 1 fully saturated rings. The molecule has 126 valence electrons. The Kier molecular flexibility index (Phi) is 6.42. The predicted molar refractivity (Wildman–Crippen MR) is 91.3 cm³/mol. The van der Waals surface area contributed by atoms with Crippen LogP contribution in [0.25, 0.3) is 0 Å². The summed E-state index contributed by atoms with van der Waals surface area (Å²) in [5, 5.41) is 6.15. The van der Waals surface area contributed by atoms with Gasteiger partial charge in [-0.1, -0.05) is 42.6 Å². The van der Waals surface area contributed by atoms with Crippen molar-refractivity contribution in [3.05, 3.63) is 34.9 Å². The van der Waals surface area contributed by atoms with Crippen LogP contribution in [0, 0.1) is 0 Å². The minimum atomic E-state index is -0.587. The van der Waals surface area contributed by atoms with Crippen molar-refractivity contribution in [2.75, 3.05) is 20.6 Å². The van der Waals surface area contributed by atoms with Crippen LogP contribution in [0.3, 0.4) is 0 Å². The van der Waals surface area contributed by atoms with Gasteiger partial charge in [-0.2, -0.15) is 0 Å². The maximum absolute atomic E-state index is 12.0. The molecule has 23 heavy (non-hydrogen) atoms. The van der Waals surface area contributed by atoms with Crippen LogP contribution in [0.4, 0.5) is 0 Å². The Morgan fingerprint density at radius 3 is 2.48 bits per heavy atom. The molecule has 0 bridgehead atoms. The molecule has 0 heterocycles. The van der Waals surface area contributed by atoms with Gasteiger partial charge in [0.25, 0.3) is 0 Å². The number of carbonyl (C=O) groups is 2. The molecule has 0 spiro atoms. The SMILES string of the molecule is CN(C)C(CNC(=O)C(=O)NC1CCCC1)c1ccccc1Cl. The van der Waals surface area contributed by atoms with Gasteiger partial charge in [-0.15, -0.1) is 0 Å². The molecule has 5 nitrogen and oxygen atoms in total. The highest BCUT2D eigenvalue weighted by atomic mass is 35.5. The molecule has 2 amide bonds. The Bertz CT molecular complexity index is 557. The van der Waals surface area contributed by atoms with Gasteiger partial charge in [0, 0.05) is 17.6 Å². The lowest BCUT2D eigenvalue weighted by molar-refractivity contribution is -0.139. The number of amides is 2. The van der Waals surface area contributed by atoms with Crippen molar-refractivity contribution >= 4 is 23.4 Å². The molecular weight excluding hydrogens is 314 g/mol. The van der Waals surface area contributed by atoms with Gasteiger partial charge in [0.05, 0.1) is 6.04 Å². The number of halogens is 1. The molecule has 2 N–H and O–H groups in total. The van der Waals surface area contributed by atoms with Gasteiger partial charge in [-0.25, -0.2) is 0 Å². The number of hydrogen-bond donors (Lipinski definition) is 2. The average Bonchev–Trinajstić information content (AvgIpc) is 3.01. The summed E-state index contributed by atoms with van der Waals surface area (Å²) >= 11 is 6.24. The molecule has 0 aromatic heterocycles. The van der Waals surface area contributed by atoms with Gasteiger partial charge in [0.2, 0.25) is 0 Å². The Balaban J connectivity index is 1.92. The zero-order valence-corrected chi connectivity index (χ0v) is 14.4. The van der Waals surface area contributed by atoms with E-state index in [9.17, 15) is 9.59 Å².